The van der Waals surface area contributed by atoms with E-state index >= 15 is 0 Å². The lowest BCUT2D eigenvalue weighted by Crippen LogP contribution is -2.29. The molecule has 1 fully saturated rings. The van der Waals surface area contributed by atoms with Crippen LogP contribution in [0.25, 0.3) is 6.08 Å². The monoisotopic (exact) mass is 367 g/mol. The SMILES string of the molecule is CN(C)C[C@H]1CCC(=Cc2cccc(C(=O)O)c2)C[C@H]1c1cccc(F)c1. The zero-order chi connectivity index (χ0) is 19.4. The molecule has 2 aromatic carbocycles. The van der Waals surface area contributed by atoms with Crippen molar-refractivity contribution in [3.63, 3.8) is 0 Å². The number of aromatic carboxylic acids is 1. The molecule has 0 heterocycles. The first-order chi connectivity index (χ1) is 12.9. The predicted molar refractivity (Wildman–Crippen MR) is 106 cm³/mol. The second-order valence-electron chi connectivity index (χ2n) is 7.66. The summed E-state index contributed by atoms with van der Waals surface area (Å²) in [5.41, 5.74) is 3.55. The molecule has 0 radical (unpaired) electrons. The number of benzene rings is 2. The molecule has 1 saturated carbocycles. The summed E-state index contributed by atoms with van der Waals surface area (Å²) in [5, 5.41) is 9.19. The Hall–Kier alpha value is -2.46. The number of carboxylic acids is 1. The normalized spacial score (nSPS) is 21.6. The van der Waals surface area contributed by atoms with Crippen molar-refractivity contribution in [1.29, 1.82) is 0 Å². The zero-order valence-corrected chi connectivity index (χ0v) is 15.9. The third-order valence-corrected chi connectivity index (χ3v) is 5.27. The second kappa shape index (κ2) is 8.49. The van der Waals surface area contributed by atoms with Crippen LogP contribution >= 0.6 is 0 Å². The summed E-state index contributed by atoms with van der Waals surface area (Å²) in [4.78, 5) is 13.4. The van der Waals surface area contributed by atoms with Crippen LogP contribution in [-0.4, -0.2) is 36.6 Å². The Labute approximate surface area is 160 Å². The Kier molecular flexibility index (Phi) is 6.07. The molecule has 142 valence electrons. The summed E-state index contributed by atoms with van der Waals surface area (Å²) in [6.07, 6.45) is 5.01. The standard InChI is InChI=1S/C23H26FNO2/c1-25(2)15-20-10-9-17(11-16-5-3-7-19(12-16)23(26)27)13-22(20)18-6-4-8-21(24)14-18/h3-8,11-12,14,20,22H,9-10,13,15H2,1-2H3,(H,26,27)/t20-,22+/m1/s1. The maximum Gasteiger partial charge on any atom is 0.335 e. The van der Waals surface area contributed by atoms with Crippen molar-refractivity contribution in [3.05, 3.63) is 76.6 Å². The lowest BCUT2D eigenvalue weighted by atomic mass is 9.73. The van der Waals surface area contributed by atoms with E-state index in [4.69, 9.17) is 0 Å². The smallest absolute Gasteiger partial charge is 0.335 e. The molecule has 2 aromatic rings. The molecule has 1 aliphatic carbocycles. The highest BCUT2D eigenvalue weighted by Gasteiger charge is 2.29. The average Bonchev–Trinajstić information content (AvgIpc) is 2.63. The molecule has 0 amide bonds. The predicted octanol–water partition coefficient (Wildman–Crippen LogP) is 5.05. The fraction of sp³-hybridized carbons (Fsp3) is 0.348. The van der Waals surface area contributed by atoms with Crippen LogP contribution < -0.4 is 0 Å². The summed E-state index contributed by atoms with van der Waals surface area (Å²) >= 11 is 0. The van der Waals surface area contributed by atoms with Crippen molar-refractivity contribution >= 4 is 12.0 Å². The van der Waals surface area contributed by atoms with Gasteiger partial charge in [0.15, 0.2) is 0 Å². The van der Waals surface area contributed by atoms with Crippen molar-refractivity contribution in [2.75, 3.05) is 20.6 Å². The van der Waals surface area contributed by atoms with E-state index in [0.717, 1.165) is 36.9 Å². The van der Waals surface area contributed by atoms with Gasteiger partial charge in [0, 0.05) is 6.54 Å². The van der Waals surface area contributed by atoms with Gasteiger partial charge in [-0.3, -0.25) is 0 Å². The quantitative estimate of drug-likeness (QED) is 0.804. The van der Waals surface area contributed by atoms with Gasteiger partial charge in [0.25, 0.3) is 0 Å². The molecule has 27 heavy (non-hydrogen) atoms. The summed E-state index contributed by atoms with van der Waals surface area (Å²) in [6, 6.07) is 14.0. The summed E-state index contributed by atoms with van der Waals surface area (Å²) in [7, 11) is 4.15. The Morgan fingerprint density at radius 1 is 1.22 bits per heavy atom. The molecule has 2 atom stereocenters. The van der Waals surface area contributed by atoms with Crippen LogP contribution in [0.5, 0.6) is 0 Å². The molecule has 3 nitrogen and oxygen atoms in total. The topological polar surface area (TPSA) is 40.5 Å². The van der Waals surface area contributed by atoms with Crippen LogP contribution in [0.3, 0.4) is 0 Å². The molecule has 0 spiro atoms. The van der Waals surface area contributed by atoms with E-state index in [1.807, 2.05) is 12.1 Å². The minimum absolute atomic E-state index is 0.193. The van der Waals surface area contributed by atoms with Gasteiger partial charge in [0.05, 0.1) is 5.56 Å². The van der Waals surface area contributed by atoms with Crippen LogP contribution in [0.4, 0.5) is 4.39 Å². The second-order valence-corrected chi connectivity index (χ2v) is 7.66. The number of rotatable bonds is 5. The fourth-order valence-electron chi connectivity index (χ4n) is 4.07. The van der Waals surface area contributed by atoms with Crippen LogP contribution in [-0.2, 0) is 0 Å². The number of nitrogens with zero attached hydrogens (tertiary/aromatic N) is 1. The van der Waals surface area contributed by atoms with E-state index < -0.39 is 5.97 Å². The Balaban J connectivity index is 1.87. The van der Waals surface area contributed by atoms with E-state index in [2.05, 4.69) is 25.1 Å². The summed E-state index contributed by atoms with van der Waals surface area (Å²) in [6.45, 7) is 0.975. The van der Waals surface area contributed by atoms with Gasteiger partial charge in [-0.1, -0.05) is 35.9 Å². The highest BCUT2D eigenvalue weighted by atomic mass is 19.1. The number of halogens is 1. The van der Waals surface area contributed by atoms with Crippen molar-refractivity contribution in [2.24, 2.45) is 5.92 Å². The summed E-state index contributed by atoms with van der Waals surface area (Å²) in [5.74, 6) is -0.362. The number of carbonyl (C=O) groups is 1. The molecule has 0 saturated heterocycles. The summed E-state index contributed by atoms with van der Waals surface area (Å²) < 4.78 is 13.8. The minimum atomic E-state index is -0.914. The highest BCUT2D eigenvalue weighted by molar-refractivity contribution is 5.88. The third-order valence-electron chi connectivity index (χ3n) is 5.27. The lowest BCUT2D eigenvalue weighted by Gasteiger charge is -2.35. The first-order valence-corrected chi connectivity index (χ1v) is 9.35. The van der Waals surface area contributed by atoms with Crippen molar-refractivity contribution < 1.29 is 14.3 Å². The Bertz CT molecular complexity index is 844. The average molecular weight is 367 g/mol. The molecule has 0 aliphatic heterocycles. The van der Waals surface area contributed by atoms with E-state index in [-0.39, 0.29) is 11.7 Å². The van der Waals surface area contributed by atoms with Crippen LogP contribution in [0.2, 0.25) is 0 Å². The molecule has 0 unspecified atom stereocenters. The van der Waals surface area contributed by atoms with Gasteiger partial charge >= 0.3 is 5.97 Å². The van der Waals surface area contributed by atoms with Gasteiger partial charge < -0.3 is 10.0 Å². The van der Waals surface area contributed by atoms with E-state index in [9.17, 15) is 14.3 Å². The van der Waals surface area contributed by atoms with E-state index in [0.29, 0.717) is 11.5 Å². The van der Waals surface area contributed by atoms with E-state index in [1.54, 1.807) is 30.3 Å². The van der Waals surface area contributed by atoms with Gasteiger partial charge in [0.1, 0.15) is 5.82 Å². The maximum atomic E-state index is 13.8. The molecular formula is C23H26FNO2. The van der Waals surface area contributed by atoms with Gasteiger partial charge in [-0.15, -0.1) is 0 Å². The zero-order valence-electron chi connectivity index (χ0n) is 15.9. The fourth-order valence-corrected chi connectivity index (χ4v) is 4.07. The molecule has 4 heteroatoms. The minimum Gasteiger partial charge on any atom is -0.478 e. The van der Waals surface area contributed by atoms with Crippen molar-refractivity contribution in [2.45, 2.75) is 25.2 Å². The lowest BCUT2D eigenvalue weighted by molar-refractivity contribution is 0.0697. The van der Waals surface area contributed by atoms with E-state index in [1.165, 1.54) is 11.6 Å². The highest BCUT2D eigenvalue weighted by Crippen LogP contribution is 2.41. The molecule has 3 rings (SSSR count). The Morgan fingerprint density at radius 3 is 2.70 bits per heavy atom. The third kappa shape index (κ3) is 5.04. The van der Waals surface area contributed by atoms with Gasteiger partial charge in [-0.2, -0.15) is 0 Å². The van der Waals surface area contributed by atoms with Crippen LogP contribution in [0, 0.1) is 11.7 Å². The number of hydrogen-bond donors (Lipinski definition) is 1. The molecule has 0 bridgehead atoms. The molecule has 1 aliphatic rings. The van der Waals surface area contributed by atoms with Gasteiger partial charge in [-0.25, -0.2) is 9.18 Å². The van der Waals surface area contributed by atoms with Crippen molar-refractivity contribution in [1.82, 2.24) is 4.90 Å². The first kappa shape index (κ1) is 19.3. The maximum absolute atomic E-state index is 13.8. The van der Waals surface area contributed by atoms with Gasteiger partial charge in [0.2, 0.25) is 0 Å². The Morgan fingerprint density at radius 2 is 2.00 bits per heavy atom. The number of carboxylic acid groups (broad SMARTS) is 1. The number of hydrogen-bond acceptors (Lipinski definition) is 2. The first-order valence-electron chi connectivity index (χ1n) is 9.35. The van der Waals surface area contributed by atoms with Crippen LogP contribution in [0.15, 0.2) is 54.1 Å². The molecular weight excluding hydrogens is 341 g/mol. The van der Waals surface area contributed by atoms with Gasteiger partial charge in [-0.05, 0) is 80.6 Å². The molecule has 1 N–H and O–H groups in total. The van der Waals surface area contributed by atoms with Crippen molar-refractivity contribution in [3.8, 4) is 0 Å². The largest absolute Gasteiger partial charge is 0.478 e. The molecule has 0 aromatic heterocycles. The number of allylic oxidation sites excluding steroid dienone is 1. The van der Waals surface area contributed by atoms with Crippen LogP contribution in [0.1, 0.15) is 46.7 Å².